The van der Waals surface area contributed by atoms with Gasteiger partial charge in [-0.15, -0.1) is 0 Å². The van der Waals surface area contributed by atoms with Gasteiger partial charge in [0.05, 0.1) is 16.3 Å². The highest BCUT2D eigenvalue weighted by atomic mass is 79.9. The smallest absolute Gasteiger partial charge is 0.166 e. The molecule has 3 rings (SSSR count). The molecule has 8 heteroatoms. The second-order valence-electron chi connectivity index (χ2n) is 6.19. The maximum atomic E-state index is 13.9. The minimum absolute atomic E-state index is 0.0694. The van der Waals surface area contributed by atoms with Gasteiger partial charge in [-0.1, -0.05) is 15.9 Å². The lowest BCUT2D eigenvalue weighted by Crippen LogP contribution is -2.39. The third-order valence-electron chi connectivity index (χ3n) is 4.44. The van der Waals surface area contributed by atoms with E-state index in [-0.39, 0.29) is 17.7 Å². The van der Waals surface area contributed by atoms with Crippen molar-refractivity contribution in [3.63, 3.8) is 0 Å². The molecule has 1 unspecified atom stereocenters. The van der Waals surface area contributed by atoms with Crippen molar-refractivity contribution >= 4 is 26.9 Å². The van der Waals surface area contributed by atoms with E-state index in [1.165, 1.54) is 6.07 Å². The topological polar surface area (TPSA) is 47.4 Å². The van der Waals surface area contributed by atoms with Crippen LogP contribution in [0.1, 0.15) is 24.2 Å². The summed E-state index contributed by atoms with van der Waals surface area (Å²) in [7, 11) is 0.630. The molecule has 1 atom stereocenters. The van der Waals surface area contributed by atoms with E-state index in [9.17, 15) is 8.60 Å². The molecule has 1 aliphatic heterocycles. The Morgan fingerprint density at radius 3 is 2.56 bits per heavy atom. The van der Waals surface area contributed by atoms with Gasteiger partial charge in [0.2, 0.25) is 0 Å². The van der Waals surface area contributed by atoms with Gasteiger partial charge in [-0.05, 0) is 44.9 Å². The SMILES string of the molecule is Cc1nn(C)c(C)c1S(=O)N1CCC(Oc2ccc(Br)cc2F)CC1. The van der Waals surface area contributed by atoms with Crippen molar-refractivity contribution < 1.29 is 13.3 Å². The van der Waals surface area contributed by atoms with Crippen LogP contribution in [0.15, 0.2) is 27.6 Å². The van der Waals surface area contributed by atoms with Gasteiger partial charge in [-0.2, -0.15) is 5.10 Å². The summed E-state index contributed by atoms with van der Waals surface area (Å²) in [6.45, 7) is 5.10. The molecule has 2 heterocycles. The number of ether oxygens (including phenoxy) is 1. The lowest BCUT2D eigenvalue weighted by Gasteiger charge is -2.31. The predicted molar refractivity (Wildman–Crippen MR) is 98.4 cm³/mol. The number of hydrogen-bond acceptors (Lipinski definition) is 3. The largest absolute Gasteiger partial charge is 0.487 e. The molecule has 0 N–H and O–H groups in total. The fraction of sp³-hybridized carbons (Fsp3) is 0.471. The minimum Gasteiger partial charge on any atom is -0.487 e. The van der Waals surface area contributed by atoms with E-state index in [2.05, 4.69) is 21.0 Å². The third-order valence-corrected chi connectivity index (χ3v) is 6.71. The first-order valence-corrected chi connectivity index (χ1v) is 10.1. The Morgan fingerprint density at radius 1 is 1.32 bits per heavy atom. The molecule has 1 aromatic heterocycles. The molecule has 0 spiro atoms. The fourth-order valence-corrected chi connectivity index (χ4v) is 4.81. The Morgan fingerprint density at radius 2 is 2.00 bits per heavy atom. The van der Waals surface area contributed by atoms with Gasteiger partial charge in [0.1, 0.15) is 17.1 Å². The maximum Gasteiger partial charge on any atom is 0.166 e. The van der Waals surface area contributed by atoms with Gasteiger partial charge < -0.3 is 4.74 Å². The summed E-state index contributed by atoms with van der Waals surface area (Å²) in [5.74, 6) is -0.108. The van der Waals surface area contributed by atoms with Crippen LogP contribution < -0.4 is 4.74 Å². The highest BCUT2D eigenvalue weighted by Crippen LogP contribution is 2.27. The summed E-state index contributed by atoms with van der Waals surface area (Å²) in [5.41, 5.74) is 1.72. The van der Waals surface area contributed by atoms with Crippen LogP contribution in [-0.2, 0) is 18.0 Å². The van der Waals surface area contributed by atoms with Crippen LogP contribution in [0, 0.1) is 19.7 Å². The number of aromatic nitrogens is 2. The molecular formula is C17H21BrFN3O2S. The summed E-state index contributed by atoms with van der Waals surface area (Å²) < 4.78 is 37.0. The molecule has 0 aliphatic carbocycles. The Bertz CT molecular complexity index is 803. The van der Waals surface area contributed by atoms with E-state index in [1.54, 1.807) is 16.8 Å². The van der Waals surface area contributed by atoms with Crippen molar-refractivity contribution in [2.24, 2.45) is 7.05 Å². The van der Waals surface area contributed by atoms with Gasteiger partial charge in [0, 0.05) is 24.6 Å². The predicted octanol–water partition coefficient (Wildman–Crippen LogP) is 3.50. The first-order valence-electron chi connectivity index (χ1n) is 8.15. The summed E-state index contributed by atoms with van der Waals surface area (Å²) in [6.07, 6.45) is 1.35. The Hall–Kier alpha value is -1.25. The fourth-order valence-electron chi connectivity index (χ4n) is 3.00. The molecular weight excluding hydrogens is 409 g/mol. The molecule has 1 fully saturated rings. The second-order valence-corrected chi connectivity index (χ2v) is 8.53. The number of aryl methyl sites for hydroxylation is 2. The van der Waals surface area contributed by atoms with Crippen LogP contribution in [0.3, 0.4) is 0 Å². The molecule has 0 saturated carbocycles. The van der Waals surface area contributed by atoms with Crippen molar-refractivity contribution in [3.8, 4) is 5.75 Å². The lowest BCUT2D eigenvalue weighted by molar-refractivity contribution is 0.132. The highest BCUT2D eigenvalue weighted by molar-refractivity contribution is 9.10. The number of benzene rings is 1. The van der Waals surface area contributed by atoms with Crippen LogP contribution in [0.25, 0.3) is 0 Å². The monoisotopic (exact) mass is 429 g/mol. The van der Waals surface area contributed by atoms with Crippen LogP contribution >= 0.6 is 15.9 Å². The van der Waals surface area contributed by atoms with E-state index in [0.717, 1.165) is 16.3 Å². The molecule has 2 aromatic rings. The van der Waals surface area contributed by atoms with Crippen molar-refractivity contribution in [2.75, 3.05) is 13.1 Å². The number of halogens is 2. The number of piperidine rings is 1. The summed E-state index contributed by atoms with van der Waals surface area (Å²) >= 11 is 3.24. The highest BCUT2D eigenvalue weighted by Gasteiger charge is 2.28. The van der Waals surface area contributed by atoms with Crippen molar-refractivity contribution in [3.05, 3.63) is 39.9 Å². The third kappa shape index (κ3) is 3.96. The molecule has 136 valence electrons. The van der Waals surface area contributed by atoms with E-state index in [4.69, 9.17) is 4.74 Å². The van der Waals surface area contributed by atoms with Crippen LogP contribution in [0.2, 0.25) is 0 Å². The van der Waals surface area contributed by atoms with Crippen molar-refractivity contribution in [1.82, 2.24) is 14.1 Å². The standard InChI is InChI=1S/C17H21BrFN3O2S/c1-11-17(12(2)21(3)20-11)25(23)22-8-6-14(7-9-22)24-16-5-4-13(18)10-15(16)19/h4-5,10,14H,6-9H2,1-3H3. The first kappa shape index (κ1) is 18.5. The van der Waals surface area contributed by atoms with Crippen LogP contribution in [0.5, 0.6) is 5.75 Å². The summed E-state index contributed by atoms with van der Waals surface area (Å²) in [4.78, 5) is 0.792. The molecule has 0 radical (unpaired) electrons. The number of nitrogens with zero attached hydrogens (tertiary/aromatic N) is 3. The zero-order valence-corrected chi connectivity index (χ0v) is 16.9. The van der Waals surface area contributed by atoms with Crippen LogP contribution in [0.4, 0.5) is 4.39 Å². The van der Waals surface area contributed by atoms with E-state index in [1.807, 2.05) is 25.2 Å². The minimum atomic E-state index is -1.23. The van der Waals surface area contributed by atoms with E-state index in [0.29, 0.717) is 30.4 Å². The van der Waals surface area contributed by atoms with E-state index < -0.39 is 11.0 Å². The van der Waals surface area contributed by atoms with Gasteiger partial charge >= 0.3 is 0 Å². The first-order chi connectivity index (χ1) is 11.9. The van der Waals surface area contributed by atoms with Gasteiger partial charge in [0.25, 0.3) is 0 Å². The van der Waals surface area contributed by atoms with E-state index >= 15 is 0 Å². The summed E-state index contributed by atoms with van der Waals surface area (Å²) in [6, 6.07) is 4.79. The normalized spacial score (nSPS) is 17.6. The lowest BCUT2D eigenvalue weighted by atomic mass is 10.1. The molecule has 0 amide bonds. The molecule has 1 aromatic carbocycles. The zero-order valence-electron chi connectivity index (χ0n) is 14.5. The van der Waals surface area contributed by atoms with Crippen molar-refractivity contribution in [2.45, 2.75) is 37.7 Å². The number of hydrogen-bond donors (Lipinski definition) is 0. The Labute approximate surface area is 157 Å². The zero-order chi connectivity index (χ0) is 18.1. The molecule has 25 heavy (non-hydrogen) atoms. The Balaban J connectivity index is 1.62. The second kappa shape index (κ2) is 7.55. The molecule has 1 saturated heterocycles. The average Bonchev–Trinajstić information content (AvgIpc) is 2.83. The molecule has 5 nitrogen and oxygen atoms in total. The van der Waals surface area contributed by atoms with Gasteiger partial charge in [0.15, 0.2) is 11.6 Å². The Kier molecular flexibility index (Phi) is 5.60. The number of rotatable bonds is 4. The maximum absolute atomic E-state index is 13.9. The average molecular weight is 430 g/mol. The van der Waals surface area contributed by atoms with Gasteiger partial charge in [-0.25, -0.2) is 12.9 Å². The quantitative estimate of drug-likeness (QED) is 0.746. The summed E-state index contributed by atoms with van der Waals surface area (Å²) in [5, 5.41) is 4.34. The van der Waals surface area contributed by atoms with Crippen molar-refractivity contribution in [1.29, 1.82) is 0 Å². The van der Waals surface area contributed by atoms with Crippen LogP contribution in [-0.4, -0.2) is 37.5 Å². The molecule has 0 bridgehead atoms. The van der Waals surface area contributed by atoms with Gasteiger partial charge in [-0.3, -0.25) is 4.68 Å². The molecule has 1 aliphatic rings.